The average molecular weight is 357 g/mol. The van der Waals surface area contributed by atoms with Gasteiger partial charge in [0.1, 0.15) is 18.0 Å². The zero-order chi connectivity index (χ0) is 17.3. The van der Waals surface area contributed by atoms with Crippen LogP contribution in [-0.2, 0) is 21.4 Å². The molecule has 0 spiro atoms. The molecule has 2 fully saturated rings. The maximum absolute atomic E-state index is 14.5. The van der Waals surface area contributed by atoms with Gasteiger partial charge in [0.2, 0.25) is 0 Å². The highest BCUT2D eigenvalue weighted by atomic mass is 32.2. The van der Waals surface area contributed by atoms with Gasteiger partial charge >= 0.3 is 10.2 Å². The minimum atomic E-state index is -4.15. The van der Waals surface area contributed by atoms with Crippen LogP contribution in [0.15, 0.2) is 12.1 Å². The Morgan fingerprint density at radius 3 is 2.75 bits per heavy atom. The van der Waals surface area contributed by atoms with Crippen molar-refractivity contribution in [3.05, 3.63) is 23.5 Å². The summed E-state index contributed by atoms with van der Waals surface area (Å²) in [7, 11) is -4.15. The molecule has 9 heteroatoms. The third-order valence-electron chi connectivity index (χ3n) is 4.39. The maximum atomic E-state index is 14.5. The smallest absolute Gasteiger partial charge is 0.326 e. The minimum absolute atomic E-state index is 0.392. The molecule has 0 aromatic heterocycles. The van der Waals surface area contributed by atoms with E-state index >= 15 is 0 Å². The van der Waals surface area contributed by atoms with E-state index in [4.69, 9.17) is 0 Å². The van der Waals surface area contributed by atoms with Crippen molar-refractivity contribution in [2.45, 2.75) is 25.7 Å². The lowest BCUT2D eigenvalue weighted by Crippen LogP contribution is -2.30. The second-order valence-electron chi connectivity index (χ2n) is 6.23. The van der Waals surface area contributed by atoms with E-state index in [2.05, 4.69) is 5.32 Å². The van der Waals surface area contributed by atoms with Gasteiger partial charge in [0.25, 0.3) is 5.91 Å². The molecule has 0 bridgehead atoms. The first-order chi connectivity index (χ1) is 11.4. The number of halogens is 1. The molecule has 1 amide bonds. The number of benzene rings is 1. The fraction of sp³-hybridized carbons (Fsp3) is 0.533. The van der Waals surface area contributed by atoms with Gasteiger partial charge in [0.15, 0.2) is 5.82 Å². The molecule has 1 aromatic rings. The number of anilines is 1. The first-order valence-corrected chi connectivity index (χ1v) is 9.36. The standard InChI is InChI=1S/C15H20FN3O4S/c16-12-7-11(6-10-2-1-4-17-5-3-10)8-13(20)15(12)19-9-14(21)18-24(19,22)23/h7-8,10,17,20H,1-6,9H2,(H,18,21)/t10-/m0/s1. The fourth-order valence-electron chi connectivity index (χ4n) is 3.28. The van der Waals surface area contributed by atoms with E-state index in [0.717, 1.165) is 32.4 Å². The number of phenols is 1. The predicted octanol–water partition coefficient (Wildman–Crippen LogP) is 0.644. The van der Waals surface area contributed by atoms with E-state index in [1.54, 1.807) is 4.72 Å². The van der Waals surface area contributed by atoms with Gasteiger partial charge in [-0.2, -0.15) is 8.42 Å². The van der Waals surface area contributed by atoms with Crippen LogP contribution in [0, 0.1) is 11.7 Å². The normalized spacial score (nSPS) is 23.8. The molecule has 24 heavy (non-hydrogen) atoms. The Morgan fingerprint density at radius 2 is 2.08 bits per heavy atom. The monoisotopic (exact) mass is 357 g/mol. The summed E-state index contributed by atoms with van der Waals surface area (Å²) in [6.45, 7) is 1.35. The van der Waals surface area contributed by atoms with Crippen LogP contribution < -0.4 is 14.3 Å². The number of phenolic OH excluding ortho intramolecular Hbond substituents is 1. The van der Waals surface area contributed by atoms with Crippen LogP contribution in [-0.4, -0.2) is 39.1 Å². The van der Waals surface area contributed by atoms with Gasteiger partial charge in [-0.3, -0.25) is 4.79 Å². The van der Waals surface area contributed by atoms with Crippen molar-refractivity contribution in [3.63, 3.8) is 0 Å². The Morgan fingerprint density at radius 1 is 1.29 bits per heavy atom. The summed E-state index contributed by atoms with van der Waals surface area (Å²) in [6, 6.07) is 2.63. The van der Waals surface area contributed by atoms with Gasteiger partial charge in [0.05, 0.1) is 0 Å². The van der Waals surface area contributed by atoms with Crippen LogP contribution in [0.5, 0.6) is 5.75 Å². The zero-order valence-electron chi connectivity index (χ0n) is 13.1. The van der Waals surface area contributed by atoms with Crippen molar-refractivity contribution in [3.8, 4) is 5.75 Å². The van der Waals surface area contributed by atoms with Gasteiger partial charge < -0.3 is 10.4 Å². The van der Waals surface area contributed by atoms with Crippen molar-refractivity contribution in [1.82, 2.24) is 10.0 Å². The van der Waals surface area contributed by atoms with Gasteiger partial charge in [-0.25, -0.2) is 13.4 Å². The highest BCUT2D eigenvalue weighted by molar-refractivity contribution is 7.92. The number of nitrogens with one attached hydrogen (secondary N) is 2. The molecule has 0 radical (unpaired) electrons. The lowest BCUT2D eigenvalue weighted by molar-refractivity contribution is -0.117. The summed E-state index contributed by atoms with van der Waals surface area (Å²) in [4.78, 5) is 11.3. The maximum Gasteiger partial charge on any atom is 0.326 e. The predicted molar refractivity (Wildman–Crippen MR) is 86.4 cm³/mol. The van der Waals surface area contributed by atoms with Crippen LogP contribution in [0.4, 0.5) is 10.1 Å². The Bertz CT molecular complexity index is 722. The number of rotatable bonds is 3. The van der Waals surface area contributed by atoms with Crippen molar-refractivity contribution < 1.29 is 22.7 Å². The van der Waals surface area contributed by atoms with E-state index in [9.17, 15) is 22.7 Å². The molecule has 2 saturated heterocycles. The SMILES string of the molecule is O=C1CN(c2c(O)cc(C[C@H]3CCCNCC3)cc2F)S(=O)(=O)N1. The first kappa shape index (κ1) is 17.0. The quantitative estimate of drug-likeness (QED) is 0.738. The van der Waals surface area contributed by atoms with Crippen molar-refractivity contribution >= 4 is 21.8 Å². The Labute approximate surface area is 140 Å². The second-order valence-corrected chi connectivity index (χ2v) is 7.83. The van der Waals surface area contributed by atoms with Gasteiger partial charge in [-0.1, -0.05) is 0 Å². The first-order valence-electron chi connectivity index (χ1n) is 7.92. The summed E-state index contributed by atoms with van der Waals surface area (Å²) >= 11 is 0. The number of aromatic hydroxyl groups is 1. The molecule has 1 aromatic carbocycles. The molecule has 2 aliphatic rings. The molecule has 0 aliphatic carbocycles. The highest BCUT2D eigenvalue weighted by Crippen LogP contribution is 2.35. The highest BCUT2D eigenvalue weighted by Gasteiger charge is 2.37. The lowest BCUT2D eigenvalue weighted by atomic mass is 9.92. The fourth-order valence-corrected chi connectivity index (χ4v) is 4.45. The number of amides is 1. The molecule has 3 rings (SSSR count). The average Bonchev–Trinajstić information content (AvgIpc) is 2.66. The van der Waals surface area contributed by atoms with Crippen LogP contribution >= 0.6 is 0 Å². The van der Waals surface area contributed by atoms with Gasteiger partial charge in [-0.05, 0) is 62.4 Å². The second kappa shape index (κ2) is 6.56. The summed E-state index contributed by atoms with van der Waals surface area (Å²) in [5.74, 6) is -1.69. The van der Waals surface area contributed by atoms with Crippen molar-refractivity contribution in [1.29, 1.82) is 0 Å². The van der Waals surface area contributed by atoms with E-state index in [-0.39, 0.29) is 0 Å². The van der Waals surface area contributed by atoms with Crippen LogP contribution in [0.25, 0.3) is 0 Å². The number of carbonyl (C=O) groups excluding carboxylic acids is 1. The molecule has 2 aliphatic heterocycles. The number of nitrogens with zero attached hydrogens (tertiary/aromatic N) is 1. The van der Waals surface area contributed by atoms with E-state index in [1.165, 1.54) is 12.1 Å². The van der Waals surface area contributed by atoms with Crippen LogP contribution in [0.3, 0.4) is 0 Å². The number of hydrogen-bond donors (Lipinski definition) is 3. The van der Waals surface area contributed by atoms with Crippen LogP contribution in [0.1, 0.15) is 24.8 Å². The van der Waals surface area contributed by atoms with Gasteiger partial charge in [0, 0.05) is 0 Å². The Balaban J connectivity index is 1.85. The summed E-state index contributed by atoms with van der Waals surface area (Å²) in [6.07, 6.45) is 3.67. The molecule has 7 nitrogen and oxygen atoms in total. The molecule has 0 saturated carbocycles. The topological polar surface area (TPSA) is 98.7 Å². The van der Waals surface area contributed by atoms with E-state index in [1.807, 2.05) is 0 Å². The van der Waals surface area contributed by atoms with Crippen molar-refractivity contribution in [2.24, 2.45) is 5.92 Å². The molecular weight excluding hydrogens is 337 g/mol. The molecule has 2 heterocycles. The van der Waals surface area contributed by atoms with E-state index in [0.29, 0.717) is 22.2 Å². The Kier molecular flexibility index (Phi) is 4.64. The molecule has 1 atom stereocenters. The molecule has 132 valence electrons. The van der Waals surface area contributed by atoms with Crippen molar-refractivity contribution in [2.75, 3.05) is 23.9 Å². The third-order valence-corrected chi connectivity index (χ3v) is 5.77. The zero-order valence-corrected chi connectivity index (χ0v) is 13.9. The minimum Gasteiger partial charge on any atom is -0.506 e. The Hall–Kier alpha value is -1.87. The van der Waals surface area contributed by atoms with E-state index < -0.39 is 39.9 Å². The molecule has 0 unspecified atom stereocenters. The molecule has 3 N–H and O–H groups in total. The summed E-state index contributed by atoms with van der Waals surface area (Å²) < 4.78 is 40.4. The van der Waals surface area contributed by atoms with Crippen LogP contribution in [0.2, 0.25) is 0 Å². The number of hydrogen-bond acceptors (Lipinski definition) is 5. The third kappa shape index (κ3) is 3.46. The lowest BCUT2D eigenvalue weighted by Gasteiger charge is -2.19. The largest absolute Gasteiger partial charge is 0.506 e. The number of carbonyl (C=O) groups is 1. The summed E-state index contributed by atoms with van der Waals surface area (Å²) in [5.41, 5.74) is 0.135. The van der Waals surface area contributed by atoms with Gasteiger partial charge in [-0.15, -0.1) is 0 Å². The molecular formula is C15H20FN3O4S. The summed E-state index contributed by atoms with van der Waals surface area (Å²) in [5, 5.41) is 13.4.